The molecule has 1 aromatic rings. The van der Waals surface area contributed by atoms with Gasteiger partial charge in [-0.2, -0.15) is 0 Å². The first-order valence-corrected chi connectivity index (χ1v) is 7.31. The highest BCUT2D eigenvalue weighted by Gasteiger charge is 2.09. The number of unbranched alkanes of at least 4 members (excludes halogenated alkanes) is 3. The van der Waals surface area contributed by atoms with Crippen LogP contribution < -0.4 is 14.8 Å². The van der Waals surface area contributed by atoms with Gasteiger partial charge in [-0.25, -0.2) is 0 Å². The Morgan fingerprint density at radius 2 is 2.05 bits per heavy atom. The molecule has 0 fully saturated rings. The summed E-state index contributed by atoms with van der Waals surface area (Å²) in [4.78, 5) is 0. The number of hydrogen-bond acceptors (Lipinski definition) is 3. The van der Waals surface area contributed by atoms with Gasteiger partial charge in [0.05, 0.1) is 13.7 Å². The van der Waals surface area contributed by atoms with Crippen molar-refractivity contribution < 1.29 is 9.47 Å². The number of ether oxygens (including phenoxy) is 2. The molecule has 0 heterocycles. The zero-order valence-electron chi connectivity index (χ0n) is 12.9. The van der Waals surface area contributed by atoms with Gasteiger partial charge >= 0.3 is 0 Å². The molecule has 0 aliphatic carbocycles. The summed E-state index contributed by atoms with van der Waals surface area (Å²) >= 11 is 0. The Morgan fingerprint density at radius 3 is 2.70 bits per heavy atom. The highest BCUT2D eigenvalue weighted by atomic mass is 16.5. The summed E-state index contributed by atoms with van der Waals surface area (Å²) in [5.74, 6) is 1.62. The van der Waals surface area contributed by atoms with Gasteiger partial charge in [0, 0.05) is 6.04 Å². The summed E-state index contributed by atoms with van der Waals surface area (Å²) in [7, 11) is 3.63. The van der Waals surface area contributed by atoms with E-state index in [9.17, 15) is 0 Å². The van der Waals surface area contributed by atoms with Gasteiger partial charge in [-0.3, -0.25) is 0 Å². The van der Waals surface area contributed by atoms with E-state index in [0.717, 1.165) is 30.9 Å². The predicted octanol–water partition coefficient (Wildman–Crippen LogP) is 4.10. The summed E-state index contributed by atoms with van der Waals surface area (Å²) in [5, 5.41) is 3.22. The van der Waals surface area contributed by atoms with Crippen molar-refractivity contribution in [1.82, 2.24) is 5.32 Å². The Morgan fingerprint density at radius 1 is 1.25 bits per heavy atom. The molecule has 0 bridgehead atoms. The zero-order valence-corrected chi connectivity index (χ0v) is 12.9. The van der Waals surface area contributed by atoms with E-state index < -0.39 is 0 Å². The number of rotatable bonds is 10. The molecule has 0 saturated carbocycles. The van der Waals surface area contributed by atoms with E-state index in [1.807, 2.05) is 25.3 Å². The van der Waals surface area contributed by atoms with Crippen molar-refractivity contribution in [3.63, 3.8) is 0 Å². The molecular weight excluding hydrogens is 250 g/mol. The zero-order chi connectivity index (χ0) is 14.8. The van der Waals surface area contributed by atoms with Crippen molar-refractivity contribution >= 4 is 0 Å². The fourth-order valence-corrected chi connectivity index (χ4v) is 1.99. The summed E-state index contributed by atoms with van der Waals surface area (Å²) in [5.41, 5.74) is 1.20. The molecule has 1 atom stereocenters. The van der Waals surface area contributed by atoms with Gasteiger partial charge in [-0.05, 0) is 57.4 Å². The van der Waals surface area contributed by atoms with Gasteiger partial charge < -0.3 is 14.8 Å². The summed E-state index contributed by atoms with van der Waals surface area (Å²) in [6, 6.07) is 6.41. The summed E-state index contributed by atoms with van der Waals surface area (Å²) in [6.07, 6.45) is 6.46. The van der Waals surface area contributed by atoms with Crippen LogP contribution in [0, 0.1) is 0 Å². The summed E-state index contributed by atoms with van der Waals surface area (Å²) < 4.78 is 11.2. The lowest BCUT2D eigenvalue weighted by molar-refractivity contribution is 0.285. The van der Waals surface area contributed by atoms with Gasteiger partial charge in [0.2, 0.25) is 0 Å². The third-order valence-electron chi connectivity index (χ3n) is 3.43. The first-order chi connectivity index (χ1) is 9.72. The van der Waals surface area contributed by atoms with Crippen LogP contribution in [0.1, 0.15) is 44.2 Å². The molecule has 3 nitrogen and oxygen atoms in total. The van der Waals surface area contributed by atoms with Crippen LogP contribution in [0.4, 0.5) is 0 Å². The maximum absolute atomic E-state index is 5.81. The third-order valence-corrected chi connectivity index (χ3v) is 3.43. The fraction of sp³-hybridized carbons (Fsp3) is 0.529. The van der Waals surface area contributed by atoms with E-state index in [-0.39, 0.29) is 0 Å². The fourth-order valence-electron chi connectivity index (χ4n) is 1.99. The Balaban J connectivity index is 2.50. The molecule has 0 aliphatic heterocycles. The number of allylic oxidation sites excluding steroid dienone is 1. The second-order valence-electron chi connectivity index (χ2n) is 4.91. The van der Waals surface area contributed by atoms with Gasteiger partial charge in [0.1, 0.15) is 0 Å². The highest BCUT2D eigenvalue weighted by molar-refractivity contribution is 5.43. The quantitative estimate of drug-likeness (QED) is 0.516. The molecular formula is C17H27NO2. The largest absolute Gasteiger partial charge is 0.493 e. The van der Waals surface area contributed by atoms with Crippen molar-refractivity contribution in [3.8, 4) is 11.5 Å². The van der Waals surface area contributed by atoms with Crippen LogP contribution >= 0.6 is 0 Å². The minimum Gasteiger partial charge on any atom is -0.493 e. The van der Waals surface area contributed by atoms with Crippen molar-refractivity contribution in [2.75, 3.05) is 20.8 Å². The molecule has 1 aromatic carbocycles. The smallest absolute Gasteiger partial charge is 0.161 e. The molecule has 1 rings (SSSR count). The summed E-state index contributed by atoms with van der Waals surface area (Å²) in [6.45, 7) is 6.58. The number of methoxy groups -OCH3 is 1. The molecule has 1 N–H and O–H groups in total. The van der Waals surface area contributed by atoms with Crippen LogP contribution in [0.2, 0.25) is 0 Å². The average Bonchev–Trinajstić information content (AvgIpc) is 2.50. The van der Waals surface area contributed by atoms with E-state index in [1.165, 1.54) is 18.4 Å². The van der Waals surface area contributed by atoms with Crippen molar-refractivity contribution in [1.29, 1.82) is 0 Å². The molecule has 0 aliphatic rings. The maximum atomic E-state index is 5.81. The van der Waals surface area contributed by atoms with Crippen molar-refractivity contribution in [2.24, 2.45) is 0 Å². The number of nitrogens with one attached hydrogen (secondary N) is 1. The third kappa shape index (κ3) is 5.25. The highest BCUT2D eigenvalue weighted by Crippen LogP contribution is 2.30. The molecule has 0 aromatic heterocycles. The lowest BCUT2D eigenvalue weighted by Gasteiger charge is -2.15. The van der Waals surface area contributed by atoms with Crippen LogP contribution in [0.25, 0.3) is 0 Å². The normalized spacial score (nSPS) is 11.9. The van der Waals surface area contributed by atoms with Crippen molar-refractivity contribution in [2.45, 2.75) is 38.6 Å². The number of hydrogen-bond donors (Lipinski definition) is 1. The first-order valence-electron chi connectivity index (χ1n) is 7.31. The molecule has 0 spiro atoms. The van der Waals surface area contributed by atoms with Crippen LogP contribution in [-0.2, 0) is 0 Å². The molecule has 1 unspecified atom stereocenters. The van der Waals surface area contributed by atoms with E-state index in [0.29, 0.717) is 6.04 Å². The second kappa shape index (κ2) is 9.43. The predicted molar refractivity (Wildman–Crippen MR) is 84.6 cm³/mol. The lowest BCUT2D eigenvalue weighted by Crippen LogP contribution is -2.12. The van der Waals surface area contributed by atoms with Gasteiger partial charge in [0.15, 0.2) is 11.5 Å². The van der Waals surface area contributed by atoms with E-state index in [2.05, 4.69) is 24.9 Å². The van der Waals surface area contributed by atoms with Crippen LogP contribution in [0.5, 0.6) is 11.5 Å². The first kappa shape index (κ1) is 16.6. The Labute approximate surface area is 123 Å². The maximum Gasteiger partial charge on any atom is 0.161 e. The average molecular weight is 277 g/mol. The van der Waals surface area contributed by atoms with Crippen molar-refractivity contribution in [3.05, 3.63) is 36.4 Å². The minimum atomic E-state index is 0.303. The van der Waals surface area contributed by atoms with Crippen LogP contribution in [-0.4, -0.2) is 20.8 Å². The molecule has 0 radical (unpaired) electrons. The minimum absolute atomic E-state index is 0.303. The Kier molecular flexibility index (Phi) is 7.81. The number of benzene rings is 1. The molecule has 0 saturated heterocycles. The topological polar surface area (TPSA) is 30.5 Å². The van der Waals surface area contributed by atoms with E-state index in [4.69, 9.17) is 9.47 Å². The second-order valence-corrected chi connectivity index (χ2v) is 4.91. The van der Waals surface area contributed by atoms with Gasteiger partial charge in [0.25, 0.3) is 0 Å². The van der Waals surface area contributed by atoms with E-state index >= 15 is 0 Å². The molecule has 20 heavy (non-hydrogen) atoms. The SMILES string of the molecule is C=CCCCCCOc1ccc(C(C)NC)cc1OC. The molecule has 0 amide bonds. The Bertz CT molecular complexity index is 404. The molecule has 3 heteroatoms. The van der Waals surface area contributed by atoms with E-state index in [1.54, 1.807) is 7.11 Å². The Hall–Kier alpha value is -1.48. The van der Waals surface area contributed by atoms with Crippen LogP contribution in [0.15, 0.2) is 30.9 Å². The standard InChI is InChI=1S/C17H27NO2/c1-5-6-7-8-9-12-20-16-11-10-15(14(2)18-3)13-17(16)19-4/h5,10-11,13-14,18H,1,6-9,12H2,2-4H3. The monoisotopic (exact) mass is 277 g/mol. The van der Waals surface area contributed by atoms with Gasteiger partial charge in [-0.1, -0.05) is 12.1 Å². The van der Waals surface area contributed by atoms with Crippen LogP contribution in [0.3, 0.4) is 0 Å². The molecule has 112 valence electrons. The van der Waals surface area contributed by atoms with Gasteiger partial charge in [-0.15, -0.1) is 6.58 Å². The lowest BCUT2D eigenvalue weighted by atomic mass is 10.1.